The van der Waals surface area contributed by atoms with Gasteiger partial charge in [0.05, 0.1) is 6.54 Å². The molecule has 0 saturated carbocycles. The second kappa shape index (κ2) is 9.43. The molecule has 1 aliphatic carbocycles. The van der Waals surface area contributed by atoms with Crippen LogP contribution in [0.25, 0.3) is 0 Å². The molecule has 3 nitrogen and oxygen atoms in total. The molecule has 1 aliphatic rings. The van der Waals surface area contributed by atoms with Crippen molar-refractivity contribution in [3.05, 3.63) is 48.0 Å². The highest BCUT2D eigenvalue weighted by Crippen LogP contribution is 2.08. The number of hydrogen-bond acceptors (Lipinski definition) is 1. The third kappa shape index (κ3) is 5.66. The molecule has 2 rings (SSSR count). The van der Waals surface area contributed by atoms with Crippen LogP contribution in [0.2, 0.25) is 0 Å². The maximum Gasteiger partial charge on any atom is 0.191 e. The predicted octanol–water partition coefficient (Wildman–Crippen LogP) is 2.54. The predicted molar refractivity (Wildman–Crippen MR) is 95.4 cm³/mol. The summed E-state index contributed by atoms with van der Waals surface area (Å²) < 4.78 is 0. The Morgan fingerprint density at radius 1 is 1.25 bits per heavy atom. The highest BCUT2D eigenvalue weighted by atomic mass is 127. The summed E-state index contributed by atoms with van der Waals surface area (Å²) in [4.78, 5) is 4.19. The molecule has 0 bridgehead atoms. The minimum absolute atomic E-state index is 0. The normalized spacial score (nSPS) is 14.2. The fourth-order valence-electron chi connectivity index (χ4n) is 1.92. The summed E-state index contributed by atoms with van der Waals surface area (Å²) in [5.41, 5.74) is 1.03. The second-order valence-corrected chi connectivity index (χ2v) is 4.38. The molecule has 2 N–H and O–H groups in total. The number of nitrogens with one attached hydrogen (secondary N) is 2. The van der Waals surface area contributed by atoms with Crippen LogP contribution < -0.4 is 10.6 Å². The van der Waals surface area contributed by atoms with Crippen molar-refractivity contribution in [3.8, 4) is 11.8 Å². The number of halogens is 1. The summed E-state index contributed by atoms with van der Waals surface area (Å²) in [7, 11) is 1.78. The molecule has 106 valence electrons. The largest absolute Gasteiger partial charge is 0.353 e. The van der Waals surface area contributed by atoms with E-state index in [2.05, 4.69) is 39.6 Å². The van der Waals surface area contributed by atoms with E-state index < -0.39 is 0 Å². The van der Waals surface area contributed by atoms with Gasteiger partial charge in [-0.3, -0.25) is 4.99 Å². The number of hydrogen-bond donors (Lipinski definition) is 2. The van der Waals surface area contributed by atoms with Crippen molar-refractivity contribution < 1.29 is 0 Å². The van der Waals surface area contributed by atoms with Crippen molar-refractivity contribution in [2.75, 3.05) is 13.6 Å². The number of guanidine groups is 1. The van der Waals surface area contributed by atoms with E-state index in [1.807, 2.05) is 30.3 Å². The zero-order valence-corrected chi connectivity index (χ0v) is 13.9. The molecule has 1 aromatic carbocycles. The Labute approximate surface area is 138 Å². The van der Waals surface area contributed by atoms with Gasteiger partial charge in [0.25, 0.3) is 0 Å². The van der Waals surface area contributed by atoms with Crippen LogP contribution in [0.4, 0.5) is 0 Å². The summed E-state index contributed by atoms with van der Waals surface area (Å²) >= 11 is 0. The Kier molecular flexibility index (Phi) is 7.81. The Bertz CT molecular complexity index is 504. The minimum Gasteiger partial charge on any atom is -0.353 e. The molecule has 20 heavy (non-hydrogen) atoms. The fourth-order valence-corrected chi connectivity index (χ4v) is 1.92. The van der Waals surface area contributed by atoms with Crippen molar-refractivity contribution in [2.45, 2.75) is 18.9 Å². The van der Waals surface area contributed by atoms with E-state index in [1.54, 1.807) is 7.05 Å². The van der Waals surface area contributed by atoms with Crippen LogP contribution in [0.3, 0.4) is 0 Å². The minimum atomic E-state index is 0. The van der Waals surface area contributed by atoms with Crippen molar-refractivity contribution in [3.63, 3.8) is 0 Å². The summed E-state index contributed by atoms with van der Waals surface area (Å²) in [5.74, 6) is 7.02. The molecule has 1 aromatic rings. The molecule has 0 radical (unpaired) electrons. The quantitative estimate of drug-likeness (QED) is 0.272. The van der Waals surface area contributed by atoms with Crippen molar-refractivity contribution >= 4 is 29.9 Å². The highest BCUT2D eigenvalue weighted by molar-refractivity contribution is 14.0. The van der Waals surface area contributed by atoms with E-state index >= 15 is 0 Å². The molecular weight excluding hydrogens is 361 g/mol. The van der Waals surface area contributed by atoms with Crippen molar-refractivity contribution in [1.29, 1.82) is 0 Å². The molecule has 0 saturated heterocycles. The molecule has 0 amide bonds. The lowest BCUT2D eigenvalue weighted by Gasteiger charge is -2.15. The molecular formula is C16H20IN3. The standard InChI is InChI=1S/C16H19N3.HI/c1-17-16(19-15-11-5-6-12-15)18-13-7-10-14-8-3-2-4-9-14;/h2-6,8-9,15H,11-13H2,1H3,(H2,17,18,19);1H. The first-order valence-corrected chi connectivity index (χ1v) is 6.54. The first-order chi connectivity index (χ1) is 9.38. The van der Waals surface area contributed by atoms with E-state index in [4.69, 9.17) is 0 Å². The Morgan fingerprint density at radius 2 is 1.95 bits per heavy atom. The number of aliphatic imine (C=N–C) groups is 1. The summed E-state index contributed by atoms with van der Waals surface area (Å²) in [6.45, 7) is 0.592. The lowest BCUT2D eigenvalue weighted by Crippen LogP contribution is -2.42. The van der Waals surface area contributed by atoms with E-state index in [1.165, 1.54) is 0 Å². The number of rotatable bonds is 2. The van der Waals surface area contributed by atoms with Gasteiger partial charge in [-0.1, -0.05) is 42.2 Å². The van der Waals surface area contributed by atoms with Crippen LogP contribution in [-0.4, -0.2) is 25.6 Å². The van der Waals surface area contributed by atoms with Gasteiger partial charge in [-0.05, 0) is 25.0 Å². The van der Waals surface area contributed by atoms with Crippen LogP contribution in [0.1, 0.15) is 18.4 Å². The van der Waals surface area contributed by atoms with Crippen LogP contribution >= 0.6 is 24.0 Å². The van der Waals surface area contributed by atoms with Crippen molar-refractivity contribution in [2.24, 2.45) is 4.99 Å². The number of nitrogens with zero attached hydrogens (tertiary/aromatic N) is 1. The van der Waals surface area contributed by atoms with Gasteiger partial charge in [0.1, 0.15) is 0 Å². The smallest absolute Gasteiger partial charge is 0.191 e. The summed E-state index contributed by atoms with van der Waals surface area (Å²) in [6.07, 6.45) is 6.52. The summed E-state index contributed by atoms with van der Waals surface area (Å²) in [5, 5.41) is 6.58. The third-order valence-corrected chi connectivity index (χ3v) is 2.92. The molecule has 0 aliphatic heterocycles. The van der Waals surface area contributed by atoms with E-state index in [9.17, 15) is 0 Å². The second-order valence-electron chi connectivity index (χ2n) is 4.38. The van der Waals surface area contributed by atoms with E-state index in [0.717, 1.165) is 24.4 Å². The van der Waals surface area contributed by atoms with Gasteiger partial charge in [-0.15, -0.1) is 24.0 Å². The lowest BCUT2D eigenvalue weighted by molar-refractivity contribution is 0.638. The van der Waals surface area contributed by atoms with Crippen LogP contribution in [-0.2, 0) is 0 Å². The van der Waals surface area contributed by atoms with E-state index in [0.29, 0.717) is 12.6 Å². The van der Waals surface area contributed by atoms with Gasteiger partial charge in [0.2, 0.25) is 0 Å². The topological polar surface area (TPSA) is 36.4 Å². The van der Waals surface area contributed by atoms with Gasteiger partial charge in [-0.25, -0.2) is 0 Å². The zero-order chi connectivity index (χ0) is 13.3. The molecule has 0 heterocycles. The number of benzene rings is 1. The Morgan fingerprint density at radius 3 is 2.60 bits per heavy atom. The summed E-state index contributed by atoms with van der Waals surface area (Å²) in [6, 6.07) is 10.4. The highest BCUT2D eigenvalue weighted by Gasteiger charge is 2.10. The van der Waals surface area contributed by atoms with Gasteiger partial charge >= 0.3 is 0 Å². The van der Waals surface area contributed by atoms with Gasteiger partial charge in [-0.2, -0.15) is 0 Å². The first-order valence-electron chi connectivity index (χ1n) is 6.54. The maximum atomic E-state index is 4.19. The molecule has 0 unspecified atom stereocenters. The molecule has 4 heteroatoms. The van der Waals surface area contributed by atoms with Gasteiger partial charge in [0.15, 0.2) is 5.96 Å². The van der Waals surface area contributed by atoms with Crippen LogP contribution in [0, 0.1) is 11.8 Å². The SMILES string of the molecule is CN=C(NCC#Cc1ccccc1)NC1CC=CC1.I. The van der Waals surface area contributed by atoms with Crippen molar-refractivity contribution in [1.82, 2.24) is 10.6 Å². The zero-order valence-electron chi connectivity index (χ0n) is 11.6. The maximum absolute atomic E-state index is 4.19. The average molecular weight is 381 g/mol. The lowest BCUT2D eigenvalue weighted by atomic mass is 10.2. The van der Waals surface area contributed by atoms with Crippen LogP contribution in [0.15, 0.2) is 47.5 Å². The third-order valence-electron chi connectivity index (χ3n) is 2.92. The van der Waals surface area contributed by atoms with E-state index in [-0.39, 0.29) is 24.0 Å². The van der Waals surface area contributed by atoms with Gasteiger partial charge in [0, 0.05) is 18.7 Å². The first kappa shape index (κ1) is 16.6. The van der Waals surface area contributed by atoms with Crippen LogP contribution in [0.5, 0.6) is 0 Å². The average Bonchev–Trinajstić information content (AvgIpc) is 2.96. The fraction of sp³-hybridized carbons (Fsp3) is 0.312. The molecule has 0 atom stereocenters. The molecule has 0 spiro atoms. The molecule has 0 aromatic heterocycles. The van der Waals surface area contributed by atoms with Gasteiger partial charge < -0.3 is 10.6 Å². The Hall–Kier alpha value is -1.48. The Balaban J connectivity index is 0.00000200. The molecule has 0 fully saturated rings. The monoisotopic (exact) mass is 381 g/mol.